The van der Waals surface area contributed by atoms with Gasteiger partial charge in [0.15, 0.2) is 5.16 Å². The van der Waals surface area contributed by atoms with Crippen molar-refractivity contribution in [1.82, 2.24) is 14.9 Å². The van der Waals surface area contributed by atoms with E-state index in [0.29, 0.717) is 6.61 Å². The highest BCUT2D eigenvalue weighted by Crippen LogP contribution is 2.18. The Labute approximate surface area is 143 Å². The van der Waals surface area contributed by atoms with Gasteiger partial charge in [-0.25, -0.2) is 9.97 Å². The van der Waals surface area contributed by atoms with Crippen LogP contribution < -0.4 is 4.74 Å². The molecule has 0 aliphatic heterocycles. The first kappa shape index (κ1) is 17.8. The first-order chi connectivity index (χ1) is 11.2. The van der Waals surface area contributed by atoms with Crippen LogP contribution >= 0.6 is 11.8 Å². The number of hydrogen-bond acceptors (Lipinski definition) is 5. The molecule has 0 N–H and O–H groups in total. The third-order valence-electron chi connectivity index (χ3n) is 3.49. The van der Waals surface area contributed by atoms with Crippen LogP contribution in [0.1, 0.15) is 25.0 Å². The maximum Gasteiger partial charge on any atom is 0.187 e. The second kappa shape index (κ2) is 9.53. The number of rotatable bonds is 9. The van der Waals surface area contributed by atoms with Gasteiger partial charge in [0.1, 0.15) is 12.4 Å². The molecule has 0 spiro atoms. The summed E-state index contributed by atoms with van der Waals surface area (Å²) >= 11 is 1.66. The lowest BCUT2D eigenvalue weighted by atomic mass is 10.1. The molecule has 0 atom stereocenters. The Kier molecular flexibility index (Phi) is 7.36. The van der Waals surface area contributed by atoms with Crippen LogP contribution in [0.15, 0.2) is 41.8 Å². The molecule has 0 radical (unpaired) electrons. The molecule has 2 rings (SSSR count). The molecule has 0 fully saturated rings. The fraction of sp³-hybridized carbons (Fsp3) is 0.444. The maximum absolute atomic E-state index is 5.91. The number of hydrogen-bond donors (Lipinski definition) is 0. The monoisotopic (exact) mass is 331 g/mol. The summed E-state index contributed by atoms with van der Waals surface area (Å²) in [5, 5.41) is 0.846. The molecule has 2 aromatic rings. The van der Waals surface area contributed by atoms with Crippen LogP contribution in [0.3, 0.4) is 0 Å². The van der Waals surface area contributed by atoms with Crippen LogP contribution in [0.5, 0.6) is 5.75 Å². The van der Waals surface area contributed by atoms with Crippen molar-refractivity contribution in [1.29, 1.82) is 0 Å². The lowest BCUT2D eigenvalue weighted by Crippen LogP contribution is -2.24. The molecular weight excluding hydrogens is 306 g/mol. The molecular formula is C18H25N3OS. The standard InChI is InChI=1S/C18H25N3OS/c1-4-16-8-6-7-9-17(16)22-11-10-21(3)14-15-12-19-18(20-13-15)23-5-2/h6-9,12-13H,4-5,10-11,14H2,1-3H3. The van der Waals surface area contributed by atoms with Gasteiger partial charge < -0.3 is 4.74 Å². The maximum atomic E-state index is 5.91. The topological polar surface area (TPSA) is 38.2 Å². The van der Waals surface area contributed by atoms with E-state index < -0.39 is 0 Å². The van der Waals surface area contributed by atoms with Crippen molar-refractivity contribution >= 4 is 11.8 Å². The number of likely N-dealkylation sites (N-methyl/N-ethyl adjacent to an activating group) is 1. The summed E-state index contributed by atoms with van der Waals surface area (Å²) in [6, 6.07) is 8.23. The van der Waals surface area contributed by atoms with Crippen LogP contribution in [-0.2, 0) is 13.0 Å². The minimum Gasteiger partial charge on any atom is -0.492 e. The number of aromatic nitrogens is 2. The summed E-state index contributed by atoms with van der Waals surface area (Å²) in [4.78, 5) is 11.0. The lowest BCUT2D eigenvalue weighted by molar-refractivity contribution is 0.231. The Balaban J connectivity index is 1.77. The van der Waals surface area contributed by atoms with Crippen LogP contribution in [-0.4, -0.2) is 40.8 Å². The van der Waals surface area contributed by atoms with E-state index in [2.05, 4.69) is 47.9 Å². The quantitative estimate of drug-likeness (QED) is 0.518. The Bertz CT molecular complexity index is 589. The van der Waals surface area contributed by atoms with E-state index in [1.54, 1.807) is 11.8 Å². The Morgan fingerprint density at radius 2 is 1.87 bits per heavy atom. The number of thioether (sulfide) groups is 1. The average molecular weight is 331 g/mol. The molecule has 23 heavy (non-hydrogen) atoms. The van der Waals surface area contributed by atoms with E-state index in [9.17, 15) is 0 Å². The smallest absolute Gasteiger partial charge is 0.187 e. The Hall–Kier alpha value is -1.59. The zero-order valence-electron chi connectivity index (χ0n) is 14.2. The van der Waals surface area contributed by atoms with Crippen molar-refractivity contribution in [2.75, 3.05) is 26.0 Å². The van der Waals surface area contributed by atoms with E-state index in [0.717, 1.165) is 41.7 Å². The van der Waals surface area contributed by atoms with Crippen molar-refractivity contribution in [3.8, 4) is 5.75 Å². The fourth-order valence-electron chi connectivity index (χ4n) is 2.27. The molecule has 124 valence electrons. The second-order valence-corrected chi connectivity index (χ2v) is 6.59. The number of ether oxygens (including phenoxy) is 1. The zero-order chi connectivity index (χ0) is 16.5. The molecule has 5 heteroatoms. The van der Waals surface area contributed by atoms with Crippen LogP contribution in [0, 0.1) is 0 Å². The molecule has 0 saturated carbocycles. The third-order valence-corrected chi connectivity index (χ3v) is 4.25. The molecule has 4 nitrogen and oxygen atoms in total. The lowest BCUT2D eigenvalue weighted by Gasteiger charge is -2.17. The number of para-hydroxylation sites is 1. The van der Waals surface area contributed by atoms with Crippen LogP contribution in [0.2, 0.25) is 0 Å². The molecule has 1 aromatic carbocycles. The summed E-state index contributed by atoms with van der Waals surface area (Å²) in [6.45, 7) is 6.62. The molecule has 0 amide bonds. The van der Waals surface area contributed by atoms with E-state index in [-0.39, 0.29) is 0 Å². The highest BCUT2D eigenvalue weighted by atomic mass is 32.2. The fourth-order valence-corrected chi connectivity index (χ4v) is 2.78. The Morgan fingerprint density at radius 1 is 1.13 bits per heavy atom. The van der Waals surface area contributed by atoms with Crippen molar-refractivity contribution in [2.45, 2.75) is 32.0 Å². The van der Waals surface area contributed by atoms with Crippen molar-refractivity contribution in [3.05, 3.63) is 47.8 Å². The van der Waals surface area contributed by atoms with Gasteiger partial charge in [-0.3, -0.25) is 4.90 Å². The van der Waals surface area contributed by atoms with Gasteiger partial charge in [0, 0.05) is 31.0 Å². The largest absolute Gasteiger partial charge is 0.492 e. The number of benzene rings is 1. The number of aryl methyl sites for hydroxylation is 1. The summed E-state index contributed by atoms with van der Waals surface area (Å²) in [5.41, 5.74) is 2.38. The van der Waals surface area contributed by atoms with Gasteiger partial charge in [0.25, 0.3) is 0 Å². The average Bonchev–Trinajstić information content (AvgIpc) is 2.57. The minimum absolute atomic E-state index is 0.679. The molecule has 1 heterocycles. The molecule has 0 saturated heterocycles. The van der Waals surface area contributed by atoms with Crippen molar-refractivity contribution in [3.63, 3.8) is 0 Å². The molecule has 0 aliphatic rings. The van der Waals surface area contributed by atoms with E-state index in [1.165, 1.54) is 5.56 Å². The third kappa shape index (κ3) is 5.84. The van der Waals surface area contributed by atoms with Crippen LogP contribution in [0.25, 0.3) is 0 Å². The van der Waals surface area contributed by atoms with E-state index >= 15 is 0 Å². The predicted molar refractivity (Wildman–Crippen MR) is 96.1 cm³/mol. The van der Waals surface area contributed by atoms with Gasteiger partial charge >= 0.3 is 0 Å². The van der Waals surface area contributed by atoms with Gasteiger partial charge in [0.2, 0.25) is 0 Å². The Morgan fingerprint density at radius 3 is 2.57 bits per heavy atom. The summed E-state index contributed by atoms with van der Waals surface area (Å²) < 4.78 is 5.91. The van der Waals surface area contributed by atoms with E-state index in [4.69, 9.17) is 4.74 Å². The summed E-state index contributed by atoms with van der Waals surface area (Å²) in [7, 11) is 2.09. The zero-order valence-corrected chi connectivity index (χ0v) is 15.0. The SMILES string of the molecule is CCSc1ncc(CN(C)CCOc2ccccc2CC)cn1. The molecule has 1 aromatic heterocycles. The summed E-state index contributed by atoms with van der Waals surface area (Å²) in [5.74, 6) is 1.99. The van der Waals surface area contributed by atoms with Crippen molar-refractivity contribution in [2.24, 2.45) is 0 Å². The second-order valence-electron chi connectivity index (χ2n) is 5.35. The van der Waals surface area contributed by atoms with Crippen molar-refractivity contribution < 1.29 is 4.74 Å². The van der Waals surface area contributed by atoms with Crippen LogP contribution in [0.4, 0.5) is 0 Å². The first-order valence-electron chi connectivity index (χ1n) is 8.05. The molecule has 0 unspecified atom stereocenters. The molecule has 0 bridgehead atoms. The predicted octanol–water partition coefficient (Wildman–Crippen LogP) is 3.66. The van der Waals surface area contributed by atoms with Gasteiger partial charge in [-0.15, -0.1) is 0 Å². The highest BCUT2D eigenvalue weighted by Gasteiger charge is 2.04. The van der Waals surface area contributed by atoms with Gasteiger partial charge in [-0.05, 0) is 30.9 Å². The van der Waals surface area contributed by atoms with Gasteiger partial charge in [0.05, 0.1) is 0 Å². The highest BCUT2D eigenvalue weighted by molar-refractivity contribution is 7.99. The molecule has 0 aliphatic carbocycles. The van der Waals surface area contributed by atoms with Gasteiger partial charge in [-0.1, -0.05) is 43.8 Å². The number of nitrogens with zero attached hydrogens (tertiary/aromatic N) is 3. The van der Waals surface area contributed by atoms with E-state index in [1.807, 2.05) is 24.5 Å². The minimum atomic E-state index is 0.679. The normalized spacial score (nSPS) is 11.0. The summed E-state index contributed by atoms with van der Waals surface area (Å²) in [6.07, 6.45) is 4.81. The first-order valence-corrected chi connectivity index (χ1v) is 9.04. The van der Waals surface area contributed by atoms with Gasteiger partial charge in [-0.2, -0.15) is 0 Å².